The zero-order chi connectivity index (χ0) is 15.1. The normalized spacial score (nSPS) is 15.2. The number of hydrogen-bond donors (Lipinski definition) is 1. The van der Waals surface area contributed by atoms with Gasteiger partial charge in [-0.05, 0) is 29.3 Å². The highest BCUT2D eigenvalue weighted by atomic mass is 79.9. The molecule has 0 aliphatic carbocycles. The number of carbonyl (C=O) groups excluding carboxylic acids is 1. The van der Waals surface area contributed by atoms with Crippen molar-refractivity contribution < 1.29 is 9.90 Å². The third kappa shape index (κ3) is 2.59. The first kappa shape index (κ1) is 14.6. The second kappa shape index (κ2) is 5.44. The standard InChI is InChI=1S/C16H13BrClNO2/c1-19-14-5-2-9(6-10(14)7-15(19)20)16(21)12-4-3-11(17)8-13(12)18/h2-6,8,16,21H,7H2,1H3. The molecule has 0 fully saturated rings. The molecule has 1 N–H and O–H groups in total. The van der Waals surface area contributed by atoms with Crippen LogP contribution in [0.15, 0.2) is 40.9 Å². The summed E-state index contributed by atoms with van der Waals surface area (Å²) in [5, 5.41) is 11.0. The molecule has 0 bridgehead atoms. The maximum absolute atomic E-state index is 11.7. The second-order valence-electron chi connectivity index (χ2n) is 5.09. The fraction of sp³-hybridized carbons (Fsp3) is 0.188. The highest BCUT2D eigenvalue weighted by Crippen LogP contribution is 2.34. The number of fused-ring (bicyclic) bond motifs is 1. The van der Waals surface area contributed by atoms with Gasteiger partial charge in [-0.2, -0.15) is 0 Å². The molecule has 2 aromatic carbocycles. The molecule has 1 aliphatic heterocycles. The van der Waals surface area contributed by atoms with Crippen molar-refractivity contribution in [3.05, 3.63) is 62.6 Å². The number of benzene rings is 2. The summed E-state index contributed by atoms with van der Waals surface area (Å²) in [6.45, 7) is 0. The van der Waals surface area contributed by atoms with Crippen LogP contribution in [0.3, 0.4) is 0 Å². The van der Waals surface area contributed by atoms with Gasteiger partial charge in [0.2, 0.25) is 5.91 Å². The number of aliphatic hydroxyl groups is 1. The number of amides is 1. The molecule has 1 amide bonds. The van der Waals surface area contributed by atoms with Crippen molar-refractivity contribution in [3.8, 4) is 0 Å². The monoisotopic (exact) mass is 365 g/mol. The quantitative estimate of drug-likeness (QED) is 0.880. The van der Waals surface area contributed by atoms with E-state index in [-0.39, 0.29) is 5.91 Å². The first-order valence-corrected chi connectivity index (χ1v) is 7.67. The lowest BCUT2D eigenvalue weighted by atomic mass is 9.98. The number of carbonyl (C=O) groups is 1. The number of anilines is 1. The van der Waals surface area contributed by atoms with E-state index in [1.165, 1.54) is 0 Å². The predicted molar refractivity (Wildman–Crippen MR) is 86.8 cm³/mol. The average Bonchev–Trinajstić information content (AvgIpc) is 2.73. The largest absolute Gasteiger partial charge is 0.384 e. The van der Waals surface area contributed by atoms with Crippen molar-refractivity contribution >= 4 is 39.1 Å². The maximum Gasteiger partial charge on any atom is 0.231 e. The van der Waals surface area contributed by atoms with Gasteiger partial charge in [-0.15, -0.1) is 0 Å². The van der Waals surface area contributed by atoms with Gasteiger partial charge in [0.05, 0.1) is 6.42 Å². The Labute approximate surface area is 136 Å². The number of rotatable bonds is 2. The van der Waals surface area contributed by atoms with E-state index >= 15 is 0 Å². The molecule has 1 unspecified atom stereocenters. The Morgan fingerprint density at radius 3 is 2.76 bits per heavy atom. The van der Waals surface area contributed by atoms with Crippen LogP contribution in [0.4, 0.5) is 5.69 Å². The lowest BCUT2D eigenvalue weighted by Crippen LogP contribution is -2.20. The minimum absolute atomic E-state index is 0.0679. The summed E-state index contributed by atoms with van der Waals surface area (Å²) in [4.78, 5) is 13.3. The van der Waals surface area contributed by atoms with E-state index in [2.05, 4.69) is 15.9 Å². The van der Waals surface area contributed by atoms with Gasteiger partial charge in [-0.3, -0.25) is 4.79 Å². The lowest BCUT2D eigenvalue weighted by molar-refractivity contribution is -0.117. The third-order valence-corrected chi connectivity index (χ3v) is 4.57. The first-order valence-electron chi connectivity index (χ1n) is 6.50. The SMILES string of the molecule is CN1C(=O)Cc2cc(C(O)c3ccc(Br)cc3Cl)ccc21. The summed E-state index contributed by atoms with van der Waals surface area (Å²) in [5.41, 5.74) is 3.23. The molecule has 1 atom stereocenters. The van der Waals surface area contributed by atoms with Crippen molar-refractivity contribution in [3.63, 3.8) is 0 Å². The van der Waals surface area contributed by atoms with Crippen molar-refractivity contribution in [2.45, 2.75) is 12.5 Å². The summed E-state index contributed by atoms with van der Waals surface area (Å²) in [5.74, 6) is 0.0679. The van der Waals surface area contributed by atoms with Gasteiger partial charge in [0.25, 0.3) is 0 Å². The van der Waals surface area contributed by atoms with Crippen molar-refractivity contribution in [1.29, 1.82) is 0 Å². The molecule has 3 nitrogen and oxygen atoms in total. The maximum atomic E-state index is 11.7. The van der Waals surface area contributed by atoms with Crippen LogP contribution in [0.5, 0.6) is 0 Å². The van der Waals surface area contributed by atoms with Crippen LogP contribution in [0.1, 0.15) is 22.8 Å². The van der Waals surface area contributed by atoms with Crippen LogP contribution in [0.2, 0.25) is 5.02 Å². The molecule has 2 aromatic rings. The molecule has 0 spiro atoms. The second-order valence-corrected chi connectivity index (χ2v) is 6.41. The molecule has 21 heavy (non-hydrogen) atoms. The van der Waals surface area contributed by atoms with E-state index < -0.39 is 6.10 Å². The molecule has 5 heteroatoms. The van der Waals surface area contributed by atoms with Crippen LogP contribution in [-0.2, 0) is 11.2 Å². The molecule has 0 saturated heterocycles. The van der Waals surface area contributed by atoms with E-state index in [1.807, 2.05) is 24.3 Å². The molecule has 0 saturated carbocycles. The molecule has 0 aromatic heterocycles. The Hall–Kier alpha value is -1.36. The average molecular weight is 367 g/mol. The van der Waals surface area contributed by atoms with E-state index in [0.29, 0.717) is 17.0 Å². The van der Waals surface area contributed by atoms with E-state index in [1.54, 1.807) is 24.1 Å². The van der Waals surface area contributed by atoms with Gasteiger partial charge >= 0.3 is 0 Å². The Bertz CT molecular complexity index is 732. The van der Waals surface area contributed by atoms with Gasteiger partial charge in [-0.25, -0.2) is 0 Å². The van der Waals surface area contributed by atoms with E-state index in [4.69, 9.17) is 11.6 Å². The van der Waals surface area contributed by atoms with Gasteiger partial charge < -0.3 is 10.0 Å². The summed E-state index contributed by atoms with van der Waals surface area (Å²) in [6, 6.07) is 11.0. The zero-order valence-corrected chi connectivity index (χ0v) is 13.6. The zero-order valence-electron chi connectivity index (χ0n) is 11.3. The molecular formula is C16H13BrClNO2. The summed E-state index contributed by atoms with van der Waals surface area (Å²) in [7, 11) is 1.76. The number of nitrogens with zero attached hydrogens (tertiary/aromatic N) is 1. The highest BCUT2D eigenvalue weighted by Gasteiger charge is 2.25. The Morgan fingerprint density at radius 2 is 2.05 bits per heavy atom. The smallest absolute Gasteiger partial charge is 0.231 e. The van der Waals surface area contributed by atoms with Crippen molar-refractivity contribution in [2.75, 3.05) is 11.9 Å². The van der Waals surface area contributed by atoms with Crippen LogP contribution >= 0.6 is 27.5 Å². The highest BCUT2D eigenvalue weighted by molar-refractivity contribution is 9.10. The Kier molecular flexibility index (Phi) is 3.78. The number of likely N-dealkylation sites (N-methyl/N-ethyl adjacent to an activating group) is 1. The molecule has 3 rings (SSSR count). The van der Waals surface area contributed by atoms with E-state index in [9.17, 15) is 9.90 Å². The topological polar surface area (TPSA) is 40.5 Å². The van der Waals surface area contributed by atoms with Crippen LogP contribution in [0.25, 0.3) is 0 Å². The van der Waals surface area contributed by atoms with E-state index in [0.717, 1.165) is 21.3 Å². The fourth-order valence-corrected chi connectivity index (χ4v) is 3.34. The number of hydrogen-bond acceptors (Lipinski definition) is 2. The summed E-state index contributed by atoms with van der Waals surface area (Å²) in [6.07, 6.45) is -0.433. The van der Waals surface area contributed by atoms with Gasteiger partial charge in [0, 0.05) is 27.8 Å². The van der Waals surface area contributed by atoms with Crippen molar-refractivity contribution in [1.82, 2.24) is 0 Å². The molecular weight excluding hydrogens is 354 g/mol. The minimum Gasteiger partial charge on any atom is -0.384 e. The van der Waals surface area contributed by atoms with Gasteiger partial charge in [0.1, 0.15) is 6.10 Å². The molecule has 108 valence electrons. The minimum atomic E-state index is -0.808. The summed E-state index contributed by atoms with van der Waals surface area (Å²) >= 11 is 9.53. The molecule has 1 heterocycles. The van der Waals surface area contributed by atoms with Crippen molar-refractivity contribution in [2.24, 2.45) is 0 Å². The van der Waals surface area contributed by atoms with Gasteiger partial charge in [0.15, 0.2) is 0 Å². The number of aliphatic hydroxyl groups excluding tert-OH is 1. The van der Waals surface area contributed by atoms with Crippen LogP contribution in [-0.4, -0.2) is 18.1 Å². The first-order chi connectivity index (χ1) is 9.97. The third-order valence-electron chi connectivity index (χ3n) is 3.75. The Morgan fingerprint density at radius 1 is 1.29 bits per heavy atom. The summed E-state index contributed by atoms with van der Waals surface area (Å²) < 4.78 is 0.865. The van der Waals surface area contributed by atoms with Crippen LogP contribution in [0, 0.1) is 0 Å². The lowest BCUT2D eigenvalue weighted by Gasteiger charge is -2.15. The molecule has 0 radical (unpaired) electrons. The molecule has 1 aliphatic rings. The van der Waals surface area contributed by atoms with Gasteiger partial charge in [-0.1, -0.05) is 45.7 Å². The predicted octanol–water partition coefficient (Wildman–Crippen LogP) is 3.70. The van der Waals surface area contributed by atoms with Crippen LogP contribution < -0.4 is 4.90 Å². The number of halogens is 2. The Balaban J connectivity index is 1.98. The fourth-order valence-electron chi connectivity index (χ4n) is 2.56.